The Hall–Kier alpha value is -1.92. The third kappa shape index (κ3) is 5.46. The second kappa shape index (κ2) is 9.17. The summed E-state index contributed by atoms with van der Waals surface area (Å²) in [6, 6.07) is 7.79. The van der Waals surface area contributed by atoms with E-state index in [1.165, 1.54) is 0 Å². The highest BCUT2D eigenvalue weighted by molar-refractivity contribution is 7.80. The predicted molar refractivity (Wildman–Crippen MR) is 93.2 cm³/mol. The maximum atomic E-state index is 5.51. The van der Waals surface area contributed by atoms with Crippen LogP contribution in [-0.4, -0.2) is 37.7 Å². The van der Waals surface area contributed by atoms with E-state index in [1.54, 1.807) is 13.3 Å². The molecule has 1 atom stereocenters. The number of ether oxygens (including phenoxy) is 2. The van der Waals surface area contributed by atoms with Crippen LogP contribution in [0.3, 0.4) is 0 Å². The number of allylic oxidation sites excluding steroid dienone is 1. The fraction of sp³-hybridized carbons (Fsp3) is 0.375. The van der Waals surface area contributed by atoms with Gasteiger partial charge in [0.1, 0.15) is 5.75 Å². The van der Waals surface area contributed by atoms with E-state index >= 15 is 0 Å². The lowest BCUT2D eigenvalue weighted by Crippen LogP contribution is -2.37. The van der Waals surface area contributed by atoms with Crippen molar-refractivity contribution in [2.45, 2.75) is 18.9 Å². The van der Waals surface area contributed by atoms with Crippen molar-refractivity contribution in [2.75, 3.05) is 20.3 Å². The Morgan fingerprint density at radius 1 is 1.50 bits per heavy atom. The Bertz CT molecular complexity index is 540. The largest absolute Gasteiger partial charge is 0.496 e. The Labute approximate surface area is 136 Å². The van der Waals surface area contributed by atoms with Crippen LogP contribution in [0.4, 0.5) is 0 Å². The van der Waals surface area contributed by atoms with Crippen LogP contribution in [0, 0.1) is 0 Å². The van der Waals surface area contributed by atoms with Gasteiger partial charge in [-0.15, -0.1) is 0 Å². The quantitative estimate of drug-likeness (QED) is 0.479. The second-order valence-corrected chi connectivity index (χ2v) is 5.24. The fourth-order valence-electron chi connectivity index (χ4n) is 2.14. The molecule has 1 saturated heterocycles. The second-order valence-electron chi connectivity index (χ2n) is 4.84. The van der Waals surface area contributed by atoms with Crippen molar-refractivity contribution >= 4 is 29.6 Å². The number of hydrazone groups is 1. The Morgan fingerprint density at radius 2 is 2.36 bits per heavy atom. The van der Waals surface area contributed by atoms with Crippen LogP contribution >= 0.6 is 12.2 Å². The smallest absolute Gasteiger partial charge is 0.187 e. The topological polar surface area (TPSA) is 54.9 Å². The van der Waals surface area contributed by atoms with Crippen molar-refractivity contribution in [1.82, 2.24) is 10.7 Å². The van der Waals surface area contributed by atoms with Gasteiger partial charge in [0.15, 0.2) is 5.11 Å². The lowest BCUT2D eigenvalue weighted by atomic mass is 10.2. The summed E-state index contributed by atoms with van der Waals surface area (Å²) >= 11 is 5.14. The summed E-state index contributed by atoms with van der Waals surface area (Å²) in [7, 11) is 1.65. The van der Waals surface area contributed by atoms with Crippen LogP contribution in [0.2, 0.25) is 0 Å². The van der Waals surface area contributed by atoms with Gasteiger partial charge >= 0.3 is 0 Å². The van der Waals surface area contributed by atoms with Crippen LogP contribution in [0.15, 0.2) is 35.4 Å². The summed E-state index contributed by atoms with van der Waals surface area (Å²) in [5.74, 6) is 0.828. The minimum Gasteiger partial charge on any atom is -0.496 e. The molecule has 0 spiro atoms. The molecular formula is C16H21N3O2S. The van der Waals surface area contributed by atoms with Crippen LogP contribution < -0.4 is 15.5 Å². The third-order valence-electron chi connectivity index (χ3n) is 3.26. The number of hydrogen-bond acceptors (Lipinski definition) is 4. The van der Waals surface area contributed by atoms with E-state index in [0.29, 0.717) is 5.11 Å². The van der Waals surface area contributed by atoms with Crippen LogP contribution in [0.1, 0.15) is 18.4 Å². The predicted octanol–water partition coefficient (Wildman–Crippen LogP) is 2.34. The molecule has 6 heteroatoms. The fourth-order valence-corrected chi connectivity index (χ4v) is 2.28. The maximum absolute atomic E-state index is 5.51. The Morgan fingerprint density at radius 3 is 3.14 bits per heavy atom. The number of methoxy groups -OCH3 is 1. The molecule has 0 saturated carbocycles. The first-order valence-corrected chi connectivity index (χ1v) is 7.68. The lowest BCUT2D eigenvalue weighted by Gasteiger charge is -2.11. The van der Waals surface area contributed by atoms with E-state index < -0.39 is 0 Å². The molecule has 0 amide bonds. The van der Waals surface area contributed by atoms with Crippen molar-refractivity contribution in [3.63, 3.8) is 0 Å². The maximum Gasteiger partial charge on any atom is 0.187 e. The molecule has 2 N–H and O–H groups in total. The van der Waals surface area contributed by atoms with Gasteiger partial charge in [0.05, 0.1) is 13.2 Å². The molecule has 1 aromatic carbocycles. The van der Waals surface area contributed by atoms with E-state index in [9.17, 15) is 0 Å². The van der Waals surface area contributed by atoms with Gasteiger partial charge in [-0.2, -0.15) is 5.10 Å². The number of thiocarbonyl (C=S) groups is 1. The zero-order valence-electron chi connectivity index (χ0n) is 12.6. The number of nitrogens with zero attached hydrogens (tertiary/aromatic N) is 1. The standard InChI is InChI=1S/C16H21N3O2S/c1-20-15-9-3-2-6-13(15)7-4-10-18-19-16(22)17-12-14-8-5-11-21-14/h2-4,6-7,9-10,14H,5,8,11-12H2,1H3,(H2,17,19,22)/b7-4+,18-10+. The van der Waals surface area contributed by atoms with Crippen molar-refractivity contribution in [1.29, 1.82) is 0 Å². The molecule has 118 valence electrons. The summed E-state index contributed by atoms with van der Waals surface area (Å²) in [5, 5.41) is 7.63. The molecule has 0 aliphatic carbocycles. The van der Waals surface area contributed by atoms with E-state index in [0.717, 1.165) is 37.3 Å². The van der Waals surface area contributed by atoms with Gasteiger partial charge in [-0.05, 0) is 43.3 Å². The number of hydrogen-bond donors (Lipinski definition) is 2. The van der Waals surface area contributed by atoms with Gasteiger partial charge in [0.25, 0.3) is 0 Å². The van der Waals surface area contributed by atoms with E-state index in [1.807, 2.05) is 36.4 Å². The van der Waals surface area contributed by atoms with Gasteiger partial charge in [-0.1, -0.05) is 18.2 Å². The van der Waals surface area contributed by atoms with Crippen LogP contribution in [-0.2, 0) is 4.74 Å². The molecule has 1 aliphatic heterocycles. The van der Waals surface area contributed by atoms with Crippen molar-refractivity contribution in [3.05, 3.63) is 35.9 Å². The van der Waals surface area contributed by atoms with Gasteiger partial charge < -0.3 is 14.8 Å². The number of nitrogens with one attached hydrogen (secondary N) is 2. The Kier molecular flexibility index (Phi) is 6.86. The molecule has 0 aromatic heterocycles. The van der Waals surface area contributed by atoms with Gasteiger partial charge in [0, 0.05) is 24.9 Å². The average molecular weight is 319 g/mol. The molecule has 1 aliphatic rings. The van der Waals surface area contributed by atoms with Crippen LogP contribution in [0.5, 0.6) is 5.75 Å². The van der Waals surface area contributed by atoms with Crippen molar-refractivity contribution < 1.29 is 9.47 Å². The molecule has 1 aromatic rings. The highest BCUT2D eigenvalue weighted by Crippen LogP contribution is 2.18. The van der Waals surface area contributed by atoms with E-state index in [2.05, 4.69) is 15.8 Å². The first-order chi connectivity index (χ1) is 10.8. The molecule has 1 fully saturated rings. The third-order valence-corrected chi connectivity index (χ3v) is 3.49. The van der Waals surface area contributed by atoms with Crippen molar-refractivity contribution in [3.8, 4) is 5.75 Å². The minimum atomic E-state index is 0.258. The summed E-state index contributed by atoms with van der Waals surface area (Å²) in [5.41, 5.74) is 3.77. The lowest BCUT2D eigenvalue weighted by molar-refractivity contribution is 0.114. The molecular weight excluding hydrogens is 298 g/mol. The normalized spacial score (nSPS) is 18.0. The molecule has 1 heterocycles. The van der Waals surface area contributed by atoms with Crippen LogP contribution in [0.25, 0.3) is 6.08 Å². The molecule has 5 nitrogen and oxygen atoms in total. The Balaban J connectivity index is 1.70. The molecule has 1 unspecified atom stereocenters. The summed E-state index contributed by atoms with van der Waals surface area (Å²) < 4.78 is 10.8. The first kappa shape index (κ1) is 16.5. The van der Waals surface area contributed by atoms with Gasteiger partial charge in [-0.3, -0.25) is 5.43 Å². The molecule has 2 rings (SSSR count). The summed E-state index contributed by atoms with van der Waals surface area (Å²) in [4.78, 5) is 0. The monoisotopic (exact) mass is 319 g/mol. The zero-order chi connectivity index (χ0) is 15.6. The first-order valence-electron chi connectivity index (χ1n) is 7.28. The molecule has 0 bridgehead atoms. The van der Waals surface area contributed by atoms with E-state index in [-0.39, 0.29) is 6.10 Å². The van der Waals surface area contributed by atoms with Gasteiger partial charge in [0.2, 0.25) is 0 Å². The summed E-state index contributed by atoms with van der Waals surface area (Å²) in [6.45, 7) is 1.57. The minimum absolute atomic E-state index is 0.258. The van der Waals surface area contributed by atoms with Gasteiger partial charge in [-0.25, -0.2) is 0 Å². The molecule has 0 radical (unpaired) electrons. The number of benzene rings is 1. The zero-order valence-corrected chi connectivity index (χ0v) is 13.4. The SMILES string of the molecule is COc1ccccc1/C=C/C=N/NC(=S)NCC1CCCO1. The number of para-hydroxylation sites is 1. The highest BCUT2D eigenvalue weighted by Gasteiger charge is 2.14. The molecule has 22 heavy (non-hydrogen) atoms. The summed E-state index contributed by atoms with van der Waals surface area (Å²) in [6.07, 6.45) is 7.86. The van der Waals surface area contributed by atoms with Crippen molar-refractivity contribution in [2.24, 2.45) is 5.10 Å². The van der Waals surface area contributed by atoms with E-state index in [4.69, 9.17) is 21.7 Å². The number of rotatable bonds is 6. The average Bonchev–Trinajstić information content (AvgIpc) is 3.06. The highest BCUT2D eigenvalue weighted by atomic mass is 32.1.